The van der Waals surface area contributed by atoms with Crippen LogP contribution in [-0.2, 0) is 17.6 Å². The number of amides is 1. The highest BCUT2D eigenvalue weighted by Crippen LogP contribution is 2.23. The molecular weight excluding hydrogens is 250 g/mol. The highest BCUT2D eigenvalue weighted by Gasteiger charge is 2.23. The topological polar surface area (TPSA) is 46.2 Å². The summed E-state index contributed by atoms with van der Waals surface area (Å²) in [4.78, 5) is 24.2. The fourth-order valence-corrected chi connectivity index (χ4v) is 3.33. The smallest absolute Gasteiger partial charge is 0.292 e. The minimum atomic E-state index is -0.437. The van der Waals surface area contributed by atoms with Gasteiger partial charge in [-0.1, -0.05) is 25.0 Å². The standard InChI is InChI=1S/C17H21NO2/c19-16(17(20)18-15-7-3-4-8-15)14-10-9-12-5-1-2-6-13(12)11-14/h9-11,15H,1-8H2,(H,18,20). The second-order valence-electron chi connectivity index (χ2n) is 5.97. The Labute approximate surface area is 119 Å². The molecule has 3 nitrogen and oxygen atoms in total. The van der Waals surface area contributed by atoms with E-state index in [0.29, 0.717) is 5.56 Å². The van der Waals surface area contributed by atoms with Crippen molar-refractivity contribution in [2.75, 3.05) is 0 Å². The molecular formula is C17H21NO2. The molecule has 0 bridgehead atoms. The number of carbonyl (C=O) groups excluding carboxylic acids is 2. The number of aryl methyl sites for hydroxylation is 2. The Hall–Kier alpha value is -1.64. The Balaban J connectivity index is 1.71. The van der Waals surface area contributed by atoms with Crippen molar-refractivity contribution in [3.05, 3.63) is 34.9 Å². The van der Waals surface area contributed by atoms with E-state index in [1.54, 1.807) is 6.07 Å². The molecule has 1 fully saturated rings. The van der Waals surface area contributed by atoms with Crippen LogP contribution in [0.5, 0.6) is 0 Å². The molecule has 0 heterocycles. The molecule has 0 radical (unpaired) electrons. The highest BCUT2D eigenvalue weighted by atomic mass is 16.2. The predicted molar refractivity (Wildman–Crippen MR) is 77.8 cm³/mol. The molecule has 106 valence electrons. The van der Waals surface area contributed by atoms with E-state index in [2.05, 4.69) is 5.32 Å². The van der Waals surface area contributed by atoms with Gasteiger partial charge in [-0.15, -0.1) is 0 Å². The van der Waals surface area contributed by atoms with Gasteiger partial charge in [0.2, 0.25) is 5.78 Å². The van der Waals surface area contributed by atoms with Gasteiger partial charge in [0.25, 0.3) is 5.91 Å². The molecule has 0 atom stereocenters. The van der Waals surface area contributed by atoms with Crippen molar-refractivity contribution in [1.82, 2.24) is 5.32 Å². The van der Waals surface area contributed by atoms with Gasteiger partial charge in [-0.2, -0.15) is 0 Å². The number of ketones is 1. The van der Waals surface area contributed by atoms with E-state index in [4.69, 9.17) is 0 Å². The molecule has 2 aliphatic carbocycles. The second-order valence-corrected chi connectivity index (χ2v) is 5.97. The average molecular weight is 271 g/mol. The SMILES string of the molecule is O=C(NC1CCCC1)C(=O)c1ccc2c(c1)CCCC2. The van der Waals surface area contributed by atoms with Crippen LogP contribution < -0.4 is 5.32 Å². The summed E-state index contributed by atoms with van der Waals surface area (Å²) in [5.74, 6) is -0.821. The van der Waals surface area contributed by atoms with Gasteiger partial charge < -0.3 is 5.32 Å². The van der Waals surface area contributed by atoms with E-state index < -0.39 is 5.91 Å². The molecule has 1 aromatic rings. The summed E-state index contributed by atoms with van der Waals surface area (Å²) in [6.07, 6.45) is 8.84. The van der Waals surface area contributed by atoms with Crippen LogP contribution in [0.3, 0.4) is 0 Å². The van der Waals surface area contributed by atoms with Crippen LogP contribution in [0.4, 0.5) is 0 Å². The van der Waals surface area contributed by atoms with Gasteiger partial charge >= 0.3 is 0 Å². The van der Waals surface area contributed by atoms with Gasteiger partial charge in [-0.3, -0.25) is 9.59 Å². The van der Waals surface area contributed by atoms with Gasteiger partial charge in [0.05, 0.1) is 0 Å². The molecule has 0 unspecified atom stereocenters. The van der Waals surface area contributed by atoms with E-state index in [1.807, 2.05) is 12.1 Å². The number of benzene rings is 1. The monoisotopic (exact) mass is 271 g/mol. The maximum Gasteiger partial charge on any atom is 0.292 e. The second kappa shape index (κ2) is 5.78. The number of hydrogen-bond donors (Lipinski definition) is 1. The van der Waals surface area contributed by atoms with Crippen LogP contribution in [0.25, 0.3) is 0 Å². The molecule has 0 aromatic heterocycles. The van der Waals surface area contributed by atoms with Crippen LogP contribution >= 0.6 is 0 Å². The number of hydrogen-bond acceptors (Lipinski definition) is 2. The first kappa shape index (κ1) is 13.3. The van der Waals surface area contributed by atoms with Crippen LogP contribution in [0.2, 0.25) is 0 Å². The molecule has 0 spiro atoms. The molecule has 0 aliphatic heterocycles. The lowest BCUT2D eigenvalue weighted by molar-refractivity contribution is -0.117. The van der Waals surface area contributed by atoms with Gasteiger partial charge in [0.15, 0.2) is 0 Å². The molecule has 0 saturated heterocycles. The summed E-state index contributed by atoms with van der Waals surface area (Å²) < 4.78 is 0. The number of nitrogens with one attached hydrogen (secondary N) is 1. The zero-order valence-electron chi connectivity index (χ0n) is 11.8. The molecule has 20 heavy (non-hydrogen) atoms. The average Bonchev–Trinajstić information content (AvgIpc) is 2.99. The Morgan fingerprint density at radius 1 is 0.950 bits per heavy atom. The van der Waals surface area contributed by atoms with Gasteiger partial charge in [0.1, 0.15) is 0 Å². The van der Waals surface area contributed by atoms with E-state index in [9.17, 15) is 9.59 Å². The first-order valence-corrected chi connectivity index (χ1v) is 7.71. The van der Waals surface area contributed by atoms with Crippen LogP contribution in [-0.4, -0.2) is 17.7 Å². The number of fused-ring (bicyclic) bond motifs is 1. The van der Waals surface area contributed by atoms with Crippen molar-refractivity contribution in [1.29, 1.82) is 0 Å². The van der Waals surface area contributed by atoms with Crippen LogP contribution in [0.15, 0.2) is 18.2 Å². The Morgan fingerprint density at radius 3 is 2.40 bits per heavy atom. The third-order valence-electron chi connectivity index (χ3n) is 4.51. The first-order chi connectivity index (χ1) is 9.74. The fraction of sp³-hybridized carbons (Fsp3) is 0.529. The van der Waals surface area contributed by atoms with Crippen molar-refractivity contribution in [3.8, 4) is 0 Å². The van der Waals surface area contributed by atoms with Gasteiger partial charge in [-0.05, 0) is 55.7 Å². The molecule has 1 N–H and O–H groups in total. The zero-order valence-corrected chi connectivity index (χ0v) is 11.8. The summed E-state index contributed by atoms with van der Waals surface area (Å²) in [5, 5.41) is 2.87. The summed E-state index contributed by atoms with van der Waals surface area (Å²) in [6, 6.07) is 5.94. The Morgan fingerprint density at radius 2 is 1.65 bits per heavy atom. The Bertz CT molecular complexity index is 530. The zero-order chi connectivity index (χ0) is 13.9. The number of rotatable bonds is 3. The lowest BCUT2D eigenvalue weighted by atomic mass is 9.89. The van der Waals surface area contributed by atoms with E-state index >= 15 is 0 Å². The fourth-order valence-electron chi connectivity index (χ4n) is 3.33. The third-order valence-corrected chi connectivity index (χ3v) is 4.51. The van der Waals surface area contributed by atoms with Gasteiger partial charge in [0, 0.05) is 11.6 Å². The molecule has 1 aromatic carbocycles. The quantitative estimate of drug-likeness (QED) is 0.678. The highest BCUT2D eigenvalue weighted by molar-refractivity contribution is 6.42. The summed E-state index contributed by atoms with van der Waals surface area (Å²) in [5.41, 5.74) is 3.13. The normalized spacial score (nSPS) is 18.6. The lowest BCUT2D eigenvalue weighted by Crippen LogP contribution is -2.37. The minimum absolute atomic E-state index is 0.198. The van der Waals surface area contributed by atoms with E-state index in [1.165, 1.54) is 24.0 Å². The molecule has 3 heteroatoms. The summed E-state index contributed by atoms with van der Waals surface area (Å²) >= 11 is 0. The predicted octanol–water partition coefficient (Wildman–Crippen LogP) is 2.81. The van der Waals surface area contributed by atoms with Crippen molar-refractivity contribution >= 4 is 11.7 Å². The van der Waals surface area contributed by atoms with E-state index in [0.717, 1.165) is 38.5 Å². The molecule has 3 rings (SSSR count). The van der Waals surface area contributed by atoms with Crippen LogP contribution in [0, 0.1) is 0 Å². The lowest BCUT2D eigenvalue weighted by Gasteiger charge is -2.16. The van der Waals surface area contributed by atoms with Gasteiger partial charge in [-0.25, -0.2) is 0 Å². The van der Waals surface area contributed by atoms with Crippen molar-refractivity contribution in [3.63, 3.8) is 0 Å². The van der Waals surface area contributed by atoms with Crippen molar-refractivity contribution in [2.45, 2.75) is 57.4 Å². The number of carbonyl (C=O) groups is 2. The summed E-state index contributed by atoms with van der Waals surface area (Å²) in [7, 11) is 0. The minimum Gasteiger partial charge on any atom is -0.346 e. The summed E-state index contributed by atoms with van der Waals surface area (Å²) in [6.45, 7) is 0. The van der Waals surface area contributed by atoms with E-state index in [-0.39, 0.29) is 11.8 Å². The first-order valence-electron chi connectivity index (χ1n) is 7.71. The van der Waals surface area contributed by atoms with Crippen molar-refractivity contribution in [2.24, 2.45) is 0 Å². The molecule has 1 saturated carbocycles. The largest absolute Gasteiger partial charge is 0.346 e. The third kappa shape index (κ3) is 2.77. The molecule has 2 aliphatic rings. The Kier molecular flexibility index (Phi) is 3.86. The van der Waals surface area contributed by atoms with Crippen molar-refractivity contribution < 1.29 is 9.59 Å². The molecule has 1 amide bonds. The number of Topliss-reactive ketones (excluding diaryl/α,β-unsaturated/α-hetero) is 1. The maximum atomic E-state index is 12.2. The van der Waals surface area contributed by atoms with Crippen LogP contribution in [0.1, 0.15) is 60.0 Å². The maximum absolute atomic E-state index is 12.2.